The van der Waals surface area contributed by atoms with Crippen LogP contribution >= 0.6 is 12.2 Å². The first-order valence-corrected chi connectivity index (χ1v) is 4.27. The number of rotatable bonds is 1. The molecule has 1 saturated heterocycles. The fourth-order valence-corrected chi connectivity index (χ4v) is 1.09. The van der Waals surface area contributed by atoms with Crippen LogP contribution in [-0.4, -0.2) is 23.7 Å². The first-order valence-electron chi connectivity index (χ1n) is 3.87. The second-order valence-corrected chi connectivity index (χ2v) is 2.67. The van der Waals surface area contributed by atoms with Crippen LogP contribution in [0, 0.1) is 0 Å². The van der Waals surface area contributed by atoms with Gasteiger partial charge in [0.15, 0.2) is 0 Å². The summed E-state index contributed by atoms with van der Waals surface area (Å²) in [7, 11) is 0. The molecule has 11 heavy (non-hydrogen) atoms. The molecule has 0 aromatic heterocycles. The van der Waals surface area contributed by atoms with E-state index in [0.717, 1.165) is 0 Å². The number of thiocarbonyl (C=S) groups is 1. The average Bonchev–Trinajstić information content (AvgIpc) is 2.40. The van der Waals surface area contributed by atoms with Gasteiger partial charge in [0.2, 0.25) is 0 Å². The van der Waals surface area contributed by atoms with Gasteiger partial charge in [0, 0.05) is 13.0 Å². The van der Waals surface area contributed by atoms with Crippen molar-refractivity contribution in [3.05, 3.63) is 0 Å². The Balaban J connectivity index is 0.000000461. The normalized spacial score (nSPS) is 29.0. The van der Waals surface area contributed by atoms with E-state index >= 15 is 0 Å². The third-order valence-corrected chi connectivity index (χ3v) is 1.71. The molecule has 0 amide bonds. The van der Waals surface area contributed by atoms with Crippen molar-refractivity contribution in [1.29, 1.82) is 0 Å². The van der Waals surface area contributed by atoms with E-state index in [9.17, 15) is 4.39 Å². The second-order valence-electron chi connectivity index (χ2n) is 2.20. The number of alkyl halides is 1. The maximum Gasteiger partial charge on any atom is 0.114 e. The number of hydrogen-bond acceptors (Lipinski definition) is 2. The van der Waals surface area contributed by atoms with E-state index in [1.54, 1.807) is 0 Å². The molecule has 0 aromatic rings. The Morgan fingerprint density at radius 2 is 2.18 bits per heavy atom. The summed E-state index contributed by atoms with van der Waals surface area (Å²) in [5.74, 6) is 0. The van der Waals surface area contributed by atoms with Crippen LogP contribution < -0.4 is 11.1 Å². The first-order chi connectivity index (χ1) is 5.20. The van der Waals surface area contributed by atoms with Gasteiger partial charge in [0.05, 0.1) is 11.0 Å². The lowest BCUT2D eigenvalue weighted by Gasteiger charge is -2.04. The van der Waals surface area contributed by atoms with Gasteiger partial charge >= 0.3 is 0 Å². The van der Waals surface area contributed by atoms with E-state index in [1.807, 2.05) is 13.8 Å². The zero-order valence-electron chi connectivity index (χ0n) is 6.93. The van der Waals surface area contributed by atoms with Gasteiger partial charge in [-0.05, 0) is 0 Å². The SMILES string of the molecule is CC.NC(=S)[C@@H]1CC(F)CN1. The van der Waals surface area contributed by atoms with Gasteiger partial charge in [0.25, 0.3) is 0 Å². The van der Waals surface area contributed by atoms with Crippen LogP contribution in [-0.2, 0) is 0 Å². The molecular weight excluding hydrogens is 163 g/mol. The van der Waals surface area contributed by atoms with Crippen LogP contribution in [0.2, 0.25) is 0 Å². The molecule has 3 N–H and O–H groups in total. The molecule has 1 fully saturated rings. The maximum atomic E-state index is 12.4. The fraction of sp³-hybridized carbons (Fsp3) is 0.857. The van der Waals surface area contributed by atoms with Crippen LogP contribution in [0.4, 0.5) is 4.39 Å². The maximum absolute atomic E-state index is 12.4. The van der Waals surface area contributed by atoms with Crippen molar-refractivity contribution in [1.82, 2.24) is 5.32 Å². The molecule has 2 nitrogen and oxygen atoms in total. The minimum Gasteiger partial charge on any atom is -0.392 e. The lowest BCUT2D eigenvalue weighted by Crippen LogP contribution is -2.34. The summed E-state index contributed by atoms with van der Waals surface area (Å²) in [4.78, 5) is 0.371. The van der Waals surface area contributed by atoms with E-state index in [4.69, 9.17) is 5.73 Å². The third kappa shape index (κ3) is 3.62. The van der Waals surface area contributed by atoms with Gasteiger partial charge in [0.1, 0.15) is 6.17 Å². The fourth-order valence-electron chi connectivity index (χ4n) is 0.909. The lowest BCUT2D eigenvalue weighted by atomic mass is 10.2. The highest BCUT2D eigenvalue weighted by Crippen LogP contribution is 2.09. The average molecular weight is 178 g/mol. The number of halogens is 1. The van der Waals surface area contributed by atoms with Gasteiger partial charge in [-0.15, -0.1) is 0 Å². The molecule has 4 heteroatoms. The molecule has 1 heterocycles. The summed E-state index contributed by atoms with van der Waals surface area (Å²) < 4.78 is 12.4. The smallest absolute Gasteiger partial charge is 0.114 e. The Morgan fingerprint density at radius 1 is 1.64 bits per heavy atom. The summed E-state index contributed by atoms with van der Waals surface area (Å²) in [5, 5.41) is 2.86. The molecule has 0 aromatic carbocycles. The molecule has 66 valence electrons. The van der Waals surface area contributed by atoms with Crippen LogP contribution in [0.1, 0.15) is 20.3 Å². The highest BCUT2D eigenvalue weighted by Gasteiger charge is 2.24. The molecule has 1 unspecified atom stereocenters. The predicted octanol–water partition coefficient (Wildman–Crippen LogP) is 0.999. The Kier molecular flexibility index (Phi) is 5.32. The molecule has 2 atom stereocenters. The van der Waals surface area contributed by atoms with Crippen LogP contribution in [0.15, 0.2) is 0 Å². The summed E-state index contributed by atoms with van der Waals surface area (Å²) in [6.45, 7) is 4.39. The van der Waals surface area contributed by atoms with Crippen molar-refractivity contribution < 1.29 is 4.39 Å². The minimum atomic E-state index is -0.767. The molecule has 1 aliphatic heterocycles. The van der Waals surface area contributed by atoms with E-state index in [-0.39, 0.29) is 6.04 Å². The Morgan fingerprint density at radius 3 is 2.36 bits per heavy atom. The van der Waals surface area contributed by atoms with Crippen LogP contribution in [0.5, 0.6) is 0 Å². The molecule has 0 radical (unpaired) electrons. The summed E-state index contributed by atoms with van der Waals surface area (Å²) in [6.07, 6.45) is -0.327. The number of hydrogen-bond donors (Lipinski definition) is 2. The highest BCUT2D eigenvalue weighted by molar-refractivity contribution is 7.80. The molecule has 0 aliphatic carbocycles. The van der Waals surface area contributed by atoms with Crippen LogP contribution in [0.3, 0.4) is 0 Å². The van der Waals surface area contributed by atoms with E-state index < -0.39 is 6.17 Å². The van der Waals surface area contributed by atoms with Gasteiger partial charge in [-0.2, -0.15) is 0 Å². The van der Waals surface area contributed by atoms with E-state index in [0.29, 0.717) is 18.0 Å². The predicted molar refractivity (Wildman–Crippen MR) is 49.4 cm³/mol. The van der Waals surface area contributed by atoms with Crippen molar-refractivity contribution in [3.8, 4) is 0 Å². The zero-order valence-corrected chi connectivity index (χ0v) is 7.75. The second kappa shape index (κ2) is 5.43. The summed E-state index contributed by atoms with van der Waals surface area (Å²) >= 11 is 4.66. The molecule has 0 bridgehead atoms. The topological polar surface area (TPSA) is 38.0 Å². The molecular formula is C7H15FN2S. The molecule has 0 spiro atoms. The Bertz CT molecular complexity index is 130. The van der Waals surface area contributed by atoms with Gasteiger partial charge in [-0.3, -0.25) is 0 Å². The lowest BCUT2D eigenvalue weighted by molar-refractivity contribution is 0.359. The van der Waals surface area contributed by atoms with Crippen molar-refractivity contribution in [2.75, 3.05) is 6.54 Å². The van der Waals surface area contributed by atoms with Crippen molar-refractivity contribution in [2.24, 2.45) is 5.73 Å². The van der Waals surface area contributed by atoms with Gasteiger partial charge in [-0.25, -0.2) is 4.39 Å². The summed E-state index contributed by atoms with van der Waals surface area (Å²) in [6, 6.07) is -0.0741. The largest absolute Gasteiger partial charge is 0.392 e. The zero-order chi connectivity index (χ0) is 8.85. The van der Waals surface area contributed by atoms with Crippen molar-refractivity contribution in [2.45, 2.75) is 32.5 Å². The van der Waals surface area contributed by atoms with Crippen molar-refractivity contribution in [3.63, 3.8) is 0 Å². The Hall–Kier alpha value is -0.220. The summed E-state index contributed by atoms with van der Waals surface area (Å²) in [5.41, 5.74) is 5.26. The van der Waals surface area contributed by atoms with E-state index in [1.165, 1.54) is 0 Å². The van der Waals surface area contributed by atoms with Gasteiger partial charge < -0.3 is 11.1 Å². The quantitative estimate of drug-likeness (QED) is 0.588. The van der Waals surface area contributed by atoms with Crippen molar-refractivity contribution >= 4 is 17.2 Å². The molecule has 0 saturated carbocycles. The van der Waals surface area contributed by atoms with Crippen LogP contribution in [0.25, 0.3) is 0 Å². The first kappa shape index (κ1) is 10.8. The van der Waals surface area contributed by atoms with Gasteiger partial charge in [-0.1, -0.05) is 26.1 Å². The molecule has 1 rings (SSSR count). The van der Waals surface area contributed by atoms with E-state index in [2.05, 4.69) is 17.5 Å². The monoisotopic (exact) mass is 178 g/mol. The minimum absolute atomic E-state index is 0.0741. The Labute approximate surface area is 72.3 Å². The number of nitrogens with two attached hydrogens (primary N) is 1. The molecule has 1 aliphatic rings. The number of nitrogens with one attached hydrogen (secondary N) is 1. The standard InChI is InChI=1S/C5H9FN2S.C2H6/c6-3-1-4(5(7)9)8-2-3;1-2/h3-4,8H,1-2H2,(H2,7,9);1-2H3/t3?,4-;/m0./s1. The highest BCUT2D eigenvalue weighted by atomic mass is 32.1. The third-order valence-electron chi connectivity index (χ3n) is 1.42.